The molecule has 36 heavy (non-hydrogen) atoms. The van der Waals surface area contributed by atoms with Gasteiger partial charge in [-0.2, -0.15) is 18.1 Å². The normalized spacial score (nSPS) is 11.2. The van der Waals surface area contributed by atoms with Gasteiger partial charge in [0.2, 0.25) is 11.8 Å². The predicted octanol–water partition coefficient (Wildman–Crippen LogP) is 4.36. The van der Waals surface area contributed by atoms with Gasteiger partial charge >= 0.3 is 16.2 Å². The monoisotopic (exact) mass is 634 g/mol. The Labute approximate surface area is 225 Å². The first-order chi connectivity index (χ1) is 17.4. The molecule has 0 unspecified atom stereocenters. The van der Waals surface area contributed by atoms with Gasteiger partial charge in [0, 0.05) is 29.6 Å². The number of aromatic nitrogens is 4. The molecule has 0 aliphatic rings. The largest absolute Gasteiger partial charge is 0.473 e. The molecule has 4 rings (SSSR count). The first-order valence-electron chi connectivity index (χ1n) is 10.6. The van der Waals surface area contributed by atoms with E-state index < -0.39 is 10.2 Å². The molecule has 10 nitrogen and oxygen atoms in total. The lowest BCUT2D eigenvalue weighted by molar-refractivity contribution is 0.202. The number of nitrogens with one attached hydrogen (secondary N) is 2. The summed E-state index contributed by atoms with van der Waals surface area (Å²) in [6.45, 7) is 0.371. The molecule has 0 saturated carbocycles. The molecule has 0 fully saturated rings. The summed E-state index contributed by atoms with van der Waals surface area (Å²) in [7, 11) is -3.93. The second kappa shape index (κ2) is 12.2. The molecule has 2 aromatic heterocycles. The van der Waals surface area contributed by atoms with E-state index in [2.05, 4.69) is 61.2 Å². The molecule has 0 saturated heterocycles. The summed E-state index contributed by atoms with van der Waals surface area (Å²) in [5.41, 5.74) is 2.19. The van der Waals surface area contributed by atoms with Crippen molar-refractivity contribution in [2.24, 2.45) is 0 Å². The second-order valence-electron chi connectivity index (χ2n) is 7.21. The summed E-state index contributed by atoms with van der Waals surface area (Å²) in [6, 6.07) is 16.8. The molecule has 2 heterocycles. The molecule has 0 aliphatic heterocycles. The van der Waals surface area contributed by atoms with Gasteiger partial charge in [-0.3, -0.25) is 0 Å². The first kappa shape index (κ1) is 25.9. The van der Waals surface area contributed by atoms with Crippen LogP contribution in [0.4, 0.5) is 5.95 Å². The predicted molar refractivity (Wildman–Crippen MR) is 142 cm³/mol. The van der Waals surface area contributed by atoms with Crippen molar-refractivity contribution in [3.05, 3.63) is 87.7 Å². The van der Waals surface area contributed by atoms with Crippen molar-refractivity contribution in [1.29, 1.82) is 0 Å². The summed E-state index contributed by atoms with van der Waals surface area (Å²) < 4.78 is 42.8. The highest BCUT2D eigenvalue weighted by molar-refractivity contribution is 9.10. The topological polar surface area (TPSA) is 128 Å². The van der Waals surface area contributed by atoms with Crippen molar-refractivity contribution in [3.63, 3.8) is 0 Å². The van der Waals surface area contributed by atoms with E-state index in [1.54, 1.807) is 12.4 Å². The minimum atomic E-state index is -3.93. The molecule has 0 atom stereocenters. The van der Waals surface area contributed by atoms with Crippen molar-refractivity contribution in [1.82, 2.24) is 24.7 Å². The van der Waals surface area contributed by atoms with Crippen LogP contribution in [0.15, 0.2) is 82.1 Å². The number of anilines is 1. The third-order valence-corrected chi connectivity index (χ3v) is 6.51. The minimum Gasteiger partial charge on any atom is -0.473 e. The Morgan fingerprint density at radius 2 is 1.50 bits per heavy atom. The Balaban J connectivity index is 1.47. The maximum absolute atomic E-state index is 12.5. The van der Waals surface area contributed by atoms with Gasteiger partial charge in [-0.25, -0.2) is 19.7 Å². The molecule has 13 heteroatoms. The van der Waals surface area contributed by atoms with Crippen LogP contribution >= 0.6 is 31.9 Å². The van der Waals surface area contributed by atoms with Gasteiger partial charge in [0.1, 0.15) is 13.2 Å². The Bertz CT molecular complexity index is 1390. The van der Waals surface area contributed by atoms with Gasteiger partial charge < -0.3 is 9.47 Å². The highest BCUT2D eigenvalue weighted by Crippen LogP contribution is 2.29. The summed E-state index contributed by atoms with van der Waals surface area (Å²) in [5, 5.41) is 0. The third kappa shape index (κ3) is 7.68. The fourth-order valence-corrected chi connectivity index (χ4v) is 4.17. The van der Waals surface area contributed by atoms with Gasteiger partial charge in [-0.05, 0) is 39.2 Å². The zero-order valence-corrected chi connectivity index (χ0v) is 22.6. The van der Waals surface area contributed by atoms with Crippen LogP contribution in [-0.4, -0.2) is 41.6 Å². The Hall–Kier alpha value is -3.13. The summed E-state index contributed by atoms with van der Waals surface area (Å²) in [5.74, 6) is 0.0528. The van der Waals surface area contributed by atoms with Crippen molar-refractivity contribution in [2.75, 3.05) is 17.9 Å². The van der Waals surface area contributed by atoms with E-state index in [1.807, 2.05) is 54.6 Å². The number of benzene rings is 2. The zero-order valence-electron chi connectivity index (χ0n) is 18.6. The minimum absolute atomic E-state index is 0.110. The van der Waals surface area contributed by atoms with Crippen molar-refractivity contribution in [3.8, 4) is 23.0 Å². The molecule has 186 valence electrons. The fourth-order valence-electron chi connectivity index (χ4n) is 2.93. The van der Waals surface area contributed by atoms with Crippen molar-refractivity contribution in [2.45, 2.75) is 6.54 Å². The molecular formula is C23H20Br2N6O4S. The van der Waals surface area contributed by atoms with Crippen LogP contribution in [0.2, 0.25) is 0 Å². The van der Waals surface area contributed by atoms with Crippen molar-refractivity contribution >= 4 is 48.0 Å². The Morgan fingerprint density at radius 1 is 0.806 bits per heavy atom. The number of ether oxygens (including phenoxy) is 2. The maximum atomic E-state index is 12.5. The maximum Gasteiger partial charge on any atom is 0.316 e. The van der Waals surface area contributed by atoms with Crippen LogP contribution in [0.3, 0.4) is 0 Å². The zero-order chi connectivity index (χ0) is 25.4. The van der Waals surface area contributed by atoms with E-state index >= 15 is 0 Å². The van der Waals surface area contributed by atoms with E-state index in [4.69, 9.17) is 9.47 Å². The number of halogens is 2. The molecule has 0 radical (unpaired) electrons. The highest BCUT2D eigenvalue weighted by Gasteiger charge is 2.16. The van der Waals surface area contributed by atoms with Crippen LogP contribution < -0.4 is 18.9 Å². The Morgan fingerprint density at radius 3 is 2.22 bits per heavy atom. The summed E-state index contributed by atoms with van der Waals surface area (Å²) in [6.07, 6.45) is 4.65. The molecule has 4 aromatic rings. The van der Waals surface area contributed by atoms with Gasteiger partial charge in [-0.1, -0.05) is 58.4 Å². The van der Waals surface area contributed by atoms with E-state index in [0.717, 1.165) is 20.1 Å². The molecule has 0 aliphatic carbocycles. The average Bonchev–Trinajstić information content (AvgIpc) is 2.88. The second-order valence-corrected chi connectivity index (χ2v) is 10.5. The van der Waals surface area contributed by atoms with Crippen LogP contribution in [0.5, 0.6) is 11.9 Å². The molecule has 0 spiro atoms. The van der Waals surface area contributed by atoms with Crippen LogP contribution in [0.25, 0.3) is 11.1 Å². The van der Waals surface area contributed by atoms with E-state index in [0.29, 0.717) is 5.56 Å². The fraction of sp³-hybridized carbons (Fsp3) is 0.130. The Kier molecular flexibility index (Phi) is 8.80. The average molecular weight is 636 g/mol. The lowest BCUT2D eigenvalue weighted by atomic mass is 10.1. The molecule has 2 aromatic carbocycles. The number of hydrogen-bond acceptors (Lipinski definition) is 8. The number of rotatable bonds is 11. The highest BCUT2D eigenvalue weighted by atomic mass is 79.9. The van der Waals surface area contributed by atoms with E-state index in [1.165, 1.54) is 6.20 Å². The van der Waals surface area contributed by atoms with E-state index in [9.17, 15) is 8.42 Å². The quantitative estimate of drug-likeness (QED) is 0.233. The number of nitrogens with zero attached hydrogens (tertiary/aromatic N) is 4. The van der Waals surface area contributed by atoms with Crippen molar-refractivity contribution < 1.29 is 17.9 Å². The first-order valence-corrected chi connectivity index (χ1v) is 13.6. The third-order valence-electron chi connectivity index (χ3n) is 4.59. The van der Waals surface area contributed by atoms with Gasteiger partial charge in [0.05, 0.1) is 10.0 Å². The summed E-state index contributed by atoms with van der Waals surface area (Å²) >= 11 is 6.68. The number of hydrogen-bond donors (Lipinski definition) is 2. The molecule has 2 N–H and O–H groups in total. The summed E-state index contributed by atoms with van der Waals surface area (Å²) in [4.78, 5) is 16.6. The van der Waals surface area contributed by atoms with Gasteiger partial charge in [0.25, 0.3) is 0 Å². The molecule has 0 amide bonds. The van der Waals surface area contributed by atoms with Crippen LogP contribution in [-0.2, 0) is 16.8 Å². The standard InChI is InChI=1S/C23H20Br2N6O4S/c24-18-8-6-17(7-9-18)20-15-26-22(31-36(32,33)29-12-16-4-2-1-3-5-16)30-21(20)34-10-11-35-23-27-13-19(25)14-28-23/h1-9,13-15,29H,10-12H2,(H,26,30,31). The van der Waals surface area contributed by atoms with E-state index in [-0.39, 0.29) is 37.6 Å². The lowest BCUT2D eigenvalue weighted by Crippen LogP contribution is -2.30. The molecule has 0 bridgehead atoms. The molecular weight excluding hydrogens is 616 g/mol. The van der Waals surface area contributed by atoms with Crippen LogP contribution in [0, 0.1) is 0 Å². The van der Waals surface area contributed by atoms with Gasteiger partial charge in [-0.15, -0.1) is 0 Å². The van der Waals surface area contributed by atoms with Crippen LogP contribution in [0.1, 0.15) is 5.56 Å². The SMILES string of the molecule is O=S(=O)(NCc1ccccc1)Nc1ncc(-c2ccc(Br)cc2)c(OCCOc2ncc(Br)cn2)n1. The lowest BCUT2D eigenvalue weighted by Gasteiger charge is -2.13. The van der Waals surface area contributed by atoms with Gasteiger partial charge in [0.15, 0.2) is 0 Å². The smallest absolute Gasteiger partial charge is 0.316 e.